The molecule has 0 rings (SSSR count). The third-order valence-corrected chi connectivity index (χ3v) is 14.0. The zero-order valence-electron chi connectivity index (χ0n) is 47.2. The fraction of sp³-hybridized carbons (Fsp3) is 0.815. The van der Waals surface area contributed by atoms with Crippen LogP contribution in [-0.2, 0) is 14.3 Å². The minimum atomic E-state index is -0.861. The number of hydrogen-bond acceptors (Lipinski definition) is 5. The van der Waals surface area contributed by atoms with Gasteiger partial charge in [0.05, 0.1) is 25.4 Å². The van der Waals surface area contributed by atoms with E-state index in [1.54, 1.807) is 6.08 Å². The summed E-state index contributed by atoms with van der Waals surface area (Å²) in [7, 11) is 0. The number of nitrogens with one attached hydrogen (secondary N) is 1. The number of carbonyl (C=O) groups is 2. The van der Waals surface area contributed by atoms with E-state index in [0.29, 0.717) is 19.4 Å². The summed E-state index contributed by atoms with van der Waals surface area (Å²) in [5.74, 6) is -0.116. The number of ether oxygens (including phenoxy) is 1. The van der Waals surface area contributed by atoms with Gasteiger partial charge in [-0.25, -0.2) is 0 Å². The molecule has 0 aromatic rings. The molecular formula is C65H119NO5. The largest absolute Gasteiger partial charge is 0.466 e. The summed E-state index contributed by atoms with van der Waals surface area (Å²) in [6.07, 6.45) is 78.2. The molecule has 6 heteroatoms. The number of hydrogen-bond donors (Lipinski definition) is 3. The molecule has 0 aliphatic rings. The zero-order valence-corrected chi connectivity index (χ0v) is 47.2. The van der Waals surface area contributed by atoms with Gasteiger partial charge in [0, 0.05) is 12.8 Å². The van der Waals surface area contributed by atoms with Gasteiger partial charge in [-0.05, 0) is 96.3 Å². The summed E-state index contributed by atoms with van der Waals surface area (Å²) in [6, 6.07) is -0.647. The highest BCUT2D eigenvalue weighted by Crippen LogP contribution is 2.16. The number of rotatable bonds is 57. The molecule has 3 N–H and O–H groups in total. The third kappa shape index (κ3) is 56.7. The lowest BCUT2D eigenvalue weighted by Gasteiger charge is -2.20. The quantitative estimate of drug-likeness (QED) is 0.0244. The first-order valence-corrected chi connectivity index (χ1v) is 31.1. The highest BCUT2D eigenvalue weighted by Gasteiger charge is 2.18. The number of aliphatic hydroxyl groups is 2. The van der Waals surface area contributed by atoms with Gasteiger partial charge in [0.15, 0.2) is 0 Å². The summed E-state index contributed by atoms with van der Waals surface area (Å²) in [5, 5.41) is 23.2. The van der Waals surface area contributed by atoms with Gasteiger partial charge >= 0.3 is 5.97 Å². The maximum atomic E-state index is 12.5. The lowest BCUT2D eigenvalue weighted by atomic mass is 10.0. The molecule has 0 spiro atoms. The van der Waals surface area contributed by atoms with Crippen molar-refractivity contribution in [2.75, 3.05) is 13.2 Å². The summed E-state index contributed by atoms with van der Waals surface area (Å²) >= 11 is 0. The Morgan fingerprint density at radius 3 is 1.18 bits per heavy atom. The van der Waals surface area contributed by atoms with Crippen molar-refractivity contribution in [3.63, 3.8) is 0 Å². The van der Waals surface area contributed by atoms with Gasteiger partial charge in [0.2, 0.25) is 5.91 Å². The average molecular weight is 995 g/mol. The lowest BCUT2D eigenvalue weighted by Crippen LogP contribution is -2.45. The van der Waals surface area contributed by atoms with E-state index in [9.17, 15) is 19.8 Å². The Morgan fingerprint density at radius 2 is 0.746 bits per heavy atom. The van der Waals surface area contributed by atoms with Crippen LogP contribution in [0, 0.1) is 0 Å². The first kappa shape index (κ1) is 68.6. The van der Waals surface area contributed by atoms with E-state index in [4.69, 9.17) is 4.74 Å². The fourth-order valence-corrected chi connectivity index (χ4v) is 9.24. The Kier molecular flexibility index (Phi) is 58.1. The summed E-state index contributed by atoms with van der Waals surface area (Å²) in [4.78, 5) is 24.6. The Balaban J connectivity index is 3.54. The predicted molar refractivity (Wildman–Crippen MR) is 310 cm³/mol. The van der Waals surface area contributed by atoms with Crippen LogP contribution in [0.1, 0.15) is 316 Å². The molecule has 0 fully saturated rings. The van der Waals surface area contributed by atoms with E-state index in [2.05, 4.69) is 67.8 Å². The van der Waals surface area contributed by atoms with E-state index >= 15 is 0 Å². The van der Waals surface area contributed by atoms with Crippen LogP contribution < -0.4 is 5.32 Å². The Labute approximate surface area is 441 Å². The Morgan fingerprint density at radius 1 is 0.408 bits per heavy atom. The third-order valence-electron chi connectivity index (χ3n) is 14.0. The monoisotopic (exact) mass is 994 g/mol. The van der Waals surface area contributed by atoms with Crippen molar-refractivity contribution in [1.82, 2.24) is 5.32 Å². The molecular weight excluding hydrogens is 875 g/mol. The molecule has 71 heavy (non-hydrogen) atoms. The molecule has 414 valence electrons. The van der Waals surface area contributed by atoms with Crippen molar-refractivity contribution in [3.05, 3.63) is 60.8 Å². The first-order chi connectivity index (χ1) is 35.0. The second-order valence-electron chi connectivity index (χ2n) is 21.1. The molecule has 1 amide bonds. The van der Waals surface area contributed by atoms with E-state index in [-0.39, 0.29) is 18.5 Å². The fourth-order valence-electron chi connectivity index (χ4n) is 9.24. The second kappa shape index (κ2) is 60.1. The van der Waals surface area contributed by atoms with Crippen LogP contribution in [0.2, 0.25) is 0 Å². The number of allylic oxidation sites excluding steroid dienone is 9. The molecule has 2 unspecified atom stereocenters. The van der Waals surface area contributed by atoms with Gasteiger partial charge in [0.1, 0.15) is 0 Å². The van der Waals surface area contributed by atoms with E-state index in [1.807, 2.05) is 6.08 Å². The van der Waals surface area contributed by atoms with Crippen LogP contribution in [0.5, 0.6) is 0 Å². The van der Waals surface area contributed by atoms with Gasteiger partial charge in [-0.2, -0.15) is 0 Å². The zero-order chi connectivity index (χ0) is 51.4. The van der Waals surface area contributed by atoms with E-state index in [0.717, 1.165) is 83.5 Å². The van der Waals surface area contributed by atoms with E-state index in [1.165, 1.54) is 205 Å². The van der Waals surface area contributed by atoms with Gasteiger partial charge in [-0.15, -0.1) is 0 Å². The highest BCUT2D eigenvalue weighted by molar-refractivity contribution is 5.76. The topological polar surface area (TPSA) is 95.9 Å². The lowest BCUT2D eigenvalue weighted by molar-refractivity contribution is -0.143. The van der Waals surface area contributed by atoms with Gasteiger partial charge in [0.25, 0.3) is 0 Å². The Bertz CT molecular complexity index is 1240. The molecule has 0 saturated heterocycles. The molecule has 0 aromatic carbocycles. The van der Waals surface area contributed by atoms with Crippen LogP contribution in [0.3, 0.4) is 0 Å². The molecule has 0 radical (unpaired) electrons. The second-order valence-corrected chi connectivity index (χ2v) is 21.1. The van der Waals surface area contributed by atoms with Crippen LogP contribution in [0.4, 0.5) is 0 Å². The van der Waals surface area contributed by atoms with Crippen LogP contribution >= 0.6 is 0 Å². The smallest absolute Gasteiger partial charge is 0.305 e. The molecule has 0 saturated carbocycles. The normalized spacial score (nSPS) is 13.0. The van der Waals surface area contributed by atoms with Crippen molar-refractivity contribution in [2.45, 2.75) is 328 Å². The number of esters is 1. The predicted octanol–water partition coefficient (Wildman–Crippen LogP) is 19.5. The Hall–Kier alpha value is -2.44. The minimum Gasteiger partial charge on any atom is -0.466 e. The summed E-state index contributed by atoms with van der Waals surface area (Å²) < 4.78 is 5.46. The first-order valence-electron chi connectivity index (χ1n) is 31.1. The maximum Gasteiger partial charge on any atom is 0.305 e. The van der Waals surface area contributed by atoms with Gasteiger partial charge in [-0.3, -0.25) is 9.59 Å². The average Bonchev–Trinajstić information content (AvgIpc) is 3.37. The number of aliphatic hydroxyl groups excluding tert-OH is 2. The minimum absolute atomic E-state index is 0.0269. The van der Waals surface area contributed by atoms with Gasteiger partial charge in [-0.1, -0.05) is 267 Å². The molecule has 0 aromatic heterocycles. The van der Waals surface area contributed by atoms with Crippen LogP contribution in [0.15, 0.2) is 60.8 Å². The molecule has 0 heterocycles. The van der Waals surface area contributed by atoms with Crippen molar-refractivity contribution >= 4 is 11.9 Å². The summed E-state index contributed by atoms with van der Waals surface area (Å²) in [5.41, 5.74) is 0. The number of unbranched alkanes of at least 4 members (excludes halogenated alkanes) is 39. The van der Waals surface area contributed by atoms with Crippen LogP contribution in [0.25, 0.3) is 0 Å². The maximum absolute atomic E-state index is 12.5. The molecule has 0 bridgehead atoms. The number of amides is 1. The van der Waals surface area contributed by atoms with Crippen LogP contribution in [-0.4, -0.2) is 47.4 Å². The van der Waals surface area contributed by atoms with Gasteiger partial charge < -0.3 is 20.3 Å². The highest BCUT2D eigenvalue weighted by atomic mass is 16.5. The number of carbonyl (C=O) groups excluding carboxylic acids is 2. The molecule has 0 aliphatic carbocycles. The molecule has 2 atom stereocenters. The molecule has 0 aliphatic heterocycles. The standard InChI is InChI=1S/C65H119NO5/c1-3-5-7-9-11-13-15-17-19-21-23-25-26-29-33-37-41-45-49-53-57-63(68)62(61-67)66-64(69)58-54-50-46-42-38-34-30-28-32-36-40-44-48-52-56-60-71-65(70)59-55-51-47-43-39-35-31-27-24-22-20-18-16-14-12-10-8-6-4-2/h12,14,18,20,28,32,36,40,53,57,62-63,67-68H,3-11,13,15-17,19,21-27,29-31,33-35,37-39,41-52,54-56,58-61H2,1-2H3,(H,66,69)/b14-12-,20-18-,32-28-,40-36-,57-53+. The summed E-state index contributed by atoms with van der Waals surface area (Å²) in [6.45, 7) is 4.83. The van der Waals surface area contributed by atoms with Crippen molar-refractivity contribution in [2.24, 2.45) is 0 Å². The van der Waals surface area contributed by atoms with Crippen molar-refractivity contribution < 1.29 is 24.5 Å². The SMILES string of the molecule is CCCCC/C=C\C/C=C\CCCCCCCCCCCC(=O)OCCCCC/C=C\C=C/CCCCCCCCC(=O)NC(CO)C(O)/C=C/CCCCCCCCCCCCCCCCCCCC. The van der Waals surface area contributed by atoms with E-state index < -0.39 is 12.1 Å². The van der Waals surface area contributed by atoms with Crippen molar-refractivity contribution in [1.29, 1.82) is 0 Å². The van der Waals surface area contributed by atoms with Crippen molar-refractivity contribution in [3.8, 4) is 0 Å². The molecule has 6 nitrogen and oxygen atoms in total.